The number of anilines is 1. The number of para-hydroxylation sites is 1. The number of carbonyl (C=O) groups is 1. The quantitative estimate of drug-likeness (QED) is 0.588. The Bertz CT molecular complexity index is 1170. The van der Waals surface area contributed by atoms with Crippen LogP contribution in [-0.2, 0) is 25.4 Å². The summed E-state index contributed by atoms with van der Waals surface area (Å²) in [7, 11) is 2.92. The zero-order valence-corrected chi connectivity index (χ0v) is 16.6. The van der Waals surface area contributed by atoms with Crippen molar-refractivity contribution in [2.75, 3.05) is 5.32 Å². The highest BCUT2D eigenvalue weighted by atomic mass is 32.2. The number of halogens is 2. The number of alkyl halides is 2. The molecular weight excluding hydrogens is 404 g/mol. The molecule has 3 rings (SSSR count). The Kier molecular flexibility index (Phi) is 6.16. The number of amides is 1. The lowest BCUT2D eigenvalue weighted by molar-refractivity contribution is -0.116. The molecule has 1 aromatic carbocycles. The molecule has 0 aliphatic carbocycles. The molecule has 11 heteroatoms. The van der Waals surface area contributed by atoms with E-state index in [4.69, 9.17) is 0 Å². The number of aromatic nitrogens is 4. The number of nitrogens with one attached hydrogen (secondary N) is 1. The fourth-order valence-electron chi connectivity index (χ4n) is 2.96. The molecule has 0 saturated heterocycles. The molecule has 3 aromatic rings. The number of carbonyl (C=O) groups excluding carboxylic acids is 1. The van der Waals surface area contributed by atoms with Crippen molar-refractivity contribution in [2.45, 2.75) is 30.0 Å². The van der Waals surface area contributed by atoms with Crippen LogP contribution in [0.2, 0.25) is 0 Å². The van der Waals surface area contributed by atoms with Gasteiger partial charge in [-0.25, -0.2) is 9.78 Å². The Balaban J connectivity index is 1.68. The van der Waals surface area contributed by atoms with Gasteiger partial charge in [-0.1, -0.05) is 23.9 Å². The summed E-state index contributed by atoms with van der Waals surface area (Å²) in [5.74, 6) is -2.90. The number of aryl methyl sites for hydroxylation is 2. The maximum atomic E-state index is 12.6. The van der Waals surface area contributed by atoms with Gasteiger partial charge in [0.15, 0.2) is 11.2 Å². The minimum atomic E-state index is -2.58. The molecule has 0 radical (unpaired) electrons. The molecule has 0 unspecified atom stereocenters. The van der Waals surface area contributed by atoms with Crippen LogP contribution in [-0.4, -0.2) is 30.3 Å². The van der Waals surface area contributed by atoms with Gasteiger partial charge < -0.3 is 9.88 Å². The number of rotatable bonds is 7. The van der Waals surface area contributed by atoms with Crippen molar-refractivity contribution in [3.8, 4) is 0 Å². The largest absolute Gasteiger partial charge is 0.332 e. The standard InChI is InChI=1S/C18H19F2N5O3S/c1-23-15-14(16(27)24(2)18(23)28)25(10-21-15)9-5-8-13(26)22-11-6-3-4-7-12(11)29-17(19)20/h3-4,6-7,10,17H,5,8-9H2,1-2H3,(H,22,26). The molecule has 0 bridgehead atoms. The zero-order valence-electron chi connectivity index (χ0n) is 15.8. The van der Waals surface area contributed by atoms with Gasteiger partial charge in [0.25, 0.3) is 11.3 Å². The third-order valence-electron chi connectivity index (χ3n) is 4.40. The minimum Gasteiger partial charge on any atom is -0.325 e. The fraction of sp³-hybridized carbons (Fsp3) is 0.333. The highest BCUT2D eigenvalue weighted by Gasteiger charge is 2.15. The normalized spacial score (nSPS) is 11.3. The maximum absolute atomic E-state index is 12.6. The van der Waals surface area contributed by atoms with Gasteiger partial charge in [-0.3, -0.25) is 18.7 Å². The number of fused-ring (bicyclic) bond motifs is 1. The molecule has 0 aliphatic rings. The number of hydrogen-bond acceptors (Lipinski definition) is 5. The van der Waals surface area contributed by atoms with Crippen LogP contribution < -0.4 is 16.6 Å². The Labute approximate surface area is 168 Å². The predicted molar refractivity (Wildman–Crippen MR) is 106 cm³/mol. The molecule has 1 amide bonds. The van der Waals surface area contributed by atoms with E-state index in [2.05, 4.69) is 10.3 Å². The maximum Gasteiger partial charge on any atom is 0.332 e. The van der Waals surface area contributed by atoms with Crippen LogP contribution in [0.3, 0.4) is 0 Å². The molecule has 29 heavy (non-hydrogen) atoms. The lowest BCUT2D eigenvalue weighted by Crippen LogP contribution is -2.37. The van der Waals surface area contributed by atoms with E-state index in [1.165, 1.54) is 31.1 Å². The summed E-state index contributed by atoms with van der Waals surface area (Å²) in [5.41, 5.74) is -0.0237. The van der Waals surface area contributed by atoms with Crippen molar-refractivity contribution in [3.05, 3.63) is 51.4 Å². The average molecular weight is 423 g/mol. The minimum absolute atomic E-state index is 0.124. The zero-order chi connectivity index (χ0) is 21.1. The Hall–Kier alpha value is -2.95. The molecule has 2 aromatic heterocycles. The molecular formula is C18H19F2N5O3S. The van der Waals surface area contributed by atoms with Crippen LogP contribution >= 0.6 is 11.8 Å². The van der Waals surface area contributed by atoms with Crippen LogP contribution in [0.25, 0.3) is 11.2 Å². The van der Waals surface area contributed by atoms with Crippen LogP contribution in [0, 0.1) is 0 Å². The third kappa shape index (κ3) is 4.39. The van der Waals surface area contributed by atoms with Crippen LogP contribution in [0.15, 0.2) is 45.1 Å². The number of benzene rings is 1. The number of hydrogen-bond donors (Lipinski definition) is 1. The summed E-state index contributed by atoms with van der Waals surface area (Å²) in [6.45, 7) is 0.338. The van der Waals surface area contributed by atoms with Gasteiger partial charge in [0.1, 0.15) is 0 Å². The first-order valence-corrected chi connectivity index (χ1v) is 9.62. The fourth-order valence-corrected chi connectivity index (χ4v) is 3.55. The van der Waals surface area contributed by atoms with E-state index in [1.807, 2.05) is 0 Å². The number of thioether (sulfide) groups is 1. The van der Waals surface area contributed by atoms with Crippen LogP contribution in [0.5, 0.6) is 0 Å². The average Bonchev–Trinajstić information content (AvgIpc) is 3.10. The van der Waals surface area contributed by atoms with Gasteiger partial charge in [0, 0.05) is 32.0 Å². The van der Waals surface area contributed by atoms with Crippen molar-refractivity contribution >= 4 is 34.5 Å². The monoisotopic (exact) mass is 423 g/mol. The smallest absolute Gasteiger partial charge is 0.325 e. The van der Waals surface area contributed by atoms with Crippen LogP contribution in [0.4, 0.5) is 14.5 Å². The topological polar surface area (TPSA) is 90.9 Å². The first kappa shape index (κ1) is 20.8. The number of nitrogens with zero attached hydrogens (tertiary/aromatic N) is 4. The van der Waals surface area contributed by atoms with E-state index in [0.29, 0.717) is 35.3 Å². The molecule has 0 saturated carbocycles. The lowest BCUT2D eigenvalue weighted by Gasteiger charge is -2.10. The third-order valence-corrected chi connectivity index (χ3v) is 5.19. The molecule has 2 heterocycles. The Morgan fingerprint density at radius 3 is 2.66 bits per heavy atom. The van der Waals surface area contributed by atoms with Gasteiger partial charge in [-0.05, 0) is 18.6 Å². The summed E-state index contributed by atoms with van der Waals surface area (Å²) in [6, 6.07) is 6.36. The first-order chi connectivity index (χ1) is 13.8. The van der Waals surface area contributed by atoms with Gasteiger partial charge in [0.05, 0.1) is 12.0 Å². The molecule has 1 N–H and O–H groups in total. The molecule has 0 spiro atoms. The second-order valence-electron chi connectivity index (χ2n) is 6.34. The summed E-state index contributed by atoms with van der Waals surface area (Å²) in [4.78, 5) is 41.0. The van der Waals surface area contributed by atoms with Crippen molar-refractivity contribution in [2.24, 2.45) is 14.1 Å². The highest BCUT2D eigenvalue weighted by molar-refractivity contribution is 7.99. The number of imidazole rings is 1. The van der Waals surface area contributed by atoms with Crippen molar-refractivity contribution in [1.29, 1.82) is 0 Å². The summed E-state index contributed by atoms with van der Waals surface area (Å²) in [6.07, 6.45) is 1.98. The second-order valence-corrected chi connectivity index (χ2v) is 7.37. The van der Waals surface area contributed by atoms with Crippen LogP contribution in [0.1, 0.15) is 12.8 Å². The first-order valence-electron chi connectivity index (χ1n) is 8.74. The van der Waals surface area contributed by atoms with E-state index in [9.17, 15) is 23.2 Å². The Morgan fingerprint density at radius 2 is 1.93 bits per heavy atom. The Morgan fingerprint density at radius 1 is 1.21 bits per heavy atom. The highest BCUT2D eigenvalue weighted by Crippen LogP contribution is 2.31. The van der Waals surface area contributed by atoms with Crippen molar-refractivity contribution in [3.63, 3.8) is 0 Å². The van der Waals surface area contributed by atoms with Gasteiger partial charge in [-0.15, -0.1) is 0 Å². The predicted octanol–water partition coefficient (Wildman–Crippen LogP) is 2.17. The molecule has 8 nitrogen and oxygen atoms in total. The van der Waals surface area contributed by atoms with E-state index >= 15 is 0 Å². The summed E-state index contributed by atoms with van der Waals surface area (Å²) < 4.78 is 29.2. The molecule has 0 fully saturated rings. The summed E-state index contributed by atoms with van der Waals surface area (Å²) >= 11 is 0.370. The van der Waals surface area contributed by atoms with Gasteiger partial charge in [0.2, 0.25) is 5.91 Å². The van der Waals surface area contributed by atoms with E-state index < -0.39 is 17.0 Å². The molecule has 0 atom stereocenters. The van der Waals surface area contributed by atoms with Crippen molar-refractivity contribution in [1.82, 2.24) is 18.7 Å². The van der Waals surface area contributed by atoms with E-state index in [-0.39, 0.29) is 23.5 Å². The van der Waals surface area contributed by atoms with E-state index in [1.54, 1.807) is 22.8 Å². The lowest BCUT2D eigenvalue weighted by atomic mass is 10.2. The van der Waals surface area contributed by atoms with Gasteiger partial charge in [-0.2, -0.15) is 8.78 Å². The molecule has 0 aliphatic heterocycles. The van der Waals surface area contributed by atoms with E-state index in [0.717, 1.165) is 4.57 Å². The second kappa shape index (κ2) is 8.60. The van der Waals surface area contributed by atoms with Gasteiger partial charge >= 0.3 is 5.69 Å². The summed E-state index contributed by atoms with van der Waals surface area (Å²) in [5, 5.41) is 2.64. The molecule has 154 valence electrons. The SMILES string of the molecule is Cn1c(=O)c2c(ncn2CCCC(=O)Nc2ccccc2SC(F)F)n(C)c1=O. The van der Waals surface area contributed by atoms with Crippen molar-refractivity contribution < 1.29 is 13.6 Å².